The molecular weight excluding hydrogens is 382 g/mol. The van der Waals surface area contributed by atoms with Gasteiger partial charge in [0, 0.05) is 29.7 Å². The van der Waals surface area contributed by atoms with Crippen molar-refractivity contribution in [1.29, 1.82) is 0 Å². The summed E-state index contributed by atoms with van der Waals surface area (Å²) in [5.41, 5.74) is 4.57. The van der Waals surface area contributed by atoms with Crippen molar-refractivity contribution in [1.82, 2.24) is 9.88 Å². The average molecular weight is 414 g/mol. The molecule has 1 heterocycles. The molecule has 1 N–H and O–H groups in total. The Morgan fingerprint density at radius 2 is 1.97 bits per heavy atom. The lowest BCUT2D eigenvalue weighted by atomic mass is 9.85. The van der Waals surface area contributed by atoms with E-state index in [1.165, 1.54) is 17.5 Å². The molecule has 1 unspecified atom stereocenters. The van der Waals surface area contributed by atoms with Crippen molar-refractivity contribution in [3.8, 4) is 0 Å². The Labute approximate surface area is 184 Å². The predicted octanol–water partition coefficient (Wildman–Crippen LogP) is 5.95. The van der Waals surface area contributed by atoms with Gasteiger partial charge in [-0.05, 0) is 68.2 Å². The Morgan fingerprint density at radius 3 is 2.84 bits per heavy atom. The maximum atomic E-state index is 13.3. The third kappa shape index (κ3) is 4.04. The van der Waals surface area contributed by atoms with Gasteiger partial charge in [0.15, 0.2) is 0 Å². The fourth-order valence-corrected chi connectivity index (χ4v) is 5.45. The SMILES string of the molecule is CCN(C(=O)c1cc2ccccc2[nH]1)[C@@H]1CCCC(/C=N/[C@@H]2CCc3ccccc32)C1. The quantitative estimate of drug-likeness (QED) is 0.517. The van der Waals surface area contributed by atoms with Gasteiger partial charge in [0.05, 0.1) is 6.04 Å². The molecule has 0 aliphatic heterocycles. The molecular formula is C27H31N3O. The van der Waals surface area contributed by atoms with E-state index in [9.17, 15) is 4.79 Å². The zero-order valence-electron chi connectivity index (χ0n) is 18.3. The van der Waals surface area contributed by atoms with Gasteiger partial charge in [-0.15, -0.1) is 0 Å². The minimum atomic E-state index is 0.117. The van der Waals surface area contributed by atoms with Gasteiger partial charge in [0.2, 0.25) is 0 Å². The van der Waals surface area contributed by atoms with E-state index in [-0.39, 0.29) is 11.9 Å². The second kappa shape index (κ2) is 8.70. The summed E-state index contributed by atoms with van der Waals surface area (Å²) in [5, 5.41) is 1.09. The fourth-order valence-electron chi connectivity index (χ4n) is 5.45. The predicted molar refractivity (Wildman–Crippen MR) is 127 cm³/mol. The lowest BCUT2D eigenvalue weighted by molar-refractivity contribution is 0.0629. The minimum absolute atomic E-state index is 0.117. The first-order valence-electron chi connectivity index (χ1n) is 11.7. The molecule has 3 aromatic rings. The number of benzene rings is 2. The summed E-state index contributed by atoms with van der Waals surface area (Å²) in [6.07, 6.45) is 8.87. The number of aromatic amines is 1. The zero-order valence-corrected chi connectivity index (χ0v) is 18.3. The van der Waals surface area contributed by atoms with Gasteiger partial charge in [0.1, 0.15) is 5.69 Å². The third-order valence-corrected chi connectivity index (χ3v) is 7.07. The summed E-state index contributed by atoms with van der Waals surface area (Å²) in [5.74, 6) is 0.571. The molecule has 0 saturated heterocycles. The molecule has 2 aliphatic rings. The normalized spacial score (nSPS) is 23.3. The maximum Gasteiger partial charge on any atom is 0.270 e. The Morgan fingerprint density at radius 1 is 1.13 bits per heavy atom. The number of para-hydroxylation sites is 1. The van der Waals surface area contributed by atoms with Crippen molar-refractivity contribution >= 4 is 23.0 Å². The van der Waals surface area contributed by atoms with Gasteiger partial charge in [-0.1, -0.05) is 48.9 Å². The highest BCUT2D eigenvalue weighted by molar-refractivity contribution is 5.98. The minimum Gasteiger partial charge on any atom is -0.351 e. The van der Waals surface area contributed by atoms with Crippen molar-refractivity contribution in [3.05, 3.63) is 71.4 Å². The summed E-state index contributed by atoms with van der Waals surface area (Å²) in [4.78, 5) is 23.7. The number of rotatable bonds is 5. The molecule has 3 atom stereocenters. The molecule has 0 radical (unpaired) electrons. The number of aryl methyl sites for hydroxylation is 1. The van der Waals surface area contributed by atoms with Gasteiger partial charge in [-0.2, -0.15) is 0 Å². The van der Waals surface area contributed by atoms with Crippen molar-refractivity contribution in [2.45, 2.75) is 57.5 Å². The van der Waals surface area contributed by atoms with Crippen molar-refractivity contribution in [2.24, 2.45) is 10.9 Å². The first kappa shape index (κ1) is 20.0. The van der Waals surface area contributed by atoms with Crippen molar-refractivity contribution in [2.75, 3.05) is 6.54 Å². The van der Waals surface area contributed by atoms with E-state index in [1.807, 2.05) is 30.3 Å². The molecule has 0 bridgehead atoms. The number of amides is 1. The Hall–Kier alpha value is -2.88. The first-order chi connectivity index (χ1) is 15.2. The monoisotopic (exact) mass is 413 g/mol. The fraction of sp³-hybridized carbons (Fsp3) is 0.407. The van der Waals surface area contributed by atoms with Gasteiger partial charge in [-0.3, -0.25) is 9.79 Å². The van der Waals surface area contributed by atoms with Crippen LogP contribution in [0.1, 0.15) is 66.7 Å². The average Bonchev–Trinajstić information content (AvgIpc) is 3.43. The van der Waals surface area contributed by atoms with E-state index in [0.717, 1.165) is 49.6 Å². The van der Waals surface area contributed by atoms with E-state index < -0.39 is 0 Å². The molecule has 1 amide bonds. The number of nitrogens with zero attached hydrogens (tertiary/aromatic N) is 2. The molecule has 4 heteroatoms. The Bertz CT molecular complexity index is 1070. The molecule has 1 fully saturated rings. The van der Waals surface area contributed by atoms with E-state index in [1.54, 1.807) is 0 Å². The maximum absolute atomic E-state index is 13.3. The number of nitrogens with one attached hydrogen (secondary N) is 1. The number of hydrogen-bond acceptors (Lipinski definition) is 2. The second-order valence-corrected chi connectivity index (χ2v) is 8.99. The number of fused-ring (bicyclic) bond motifs is 2. The van der Waals surface area contributed by atoms with Crippen LogP contribution in [0.3, 0.4) is 0 Å². The van der Waals surface area contributed by atoms with Gasteiger partial charge in [-0.25, -0.2) is 0 Å². The molecule has 0 spiro atoms. The third-order valence-electron chi connectivity index (χ3n) is 7.07. The highest BCUT2D eigenvalue weighted by atomic mass is 16.2. The van der Waals surface area contributed by atoms with Gasteiger partial charge < -0.3 is 9.88 Å². The Kier molecular flexibility index (Phi) is 5.63. The van der Waals surface area contributed by atoms with E-state index in [4.69, 9.17) is 4.99 Å². The number of aromatic nitrogens is 1. The van der Waals surface area contributed by atoms with Gasteiger partial charge in [0.25, 0.3) is 5.91 Å². The van der Waals surface area contributed by atoms with E-state index >= 15 is 0 Å². The molecule has 31 heavy (non-hydrogen) atoms. The van der Waals surface area contributed by atoms with Crippen LogP contribution >= 0.6 is 0 Å². The Balaban J connectivity index is 1.28. The highest BCUT2D eigenvalue weighted by Crippen LogP contribution is 2.35. The zero-order chi connectivity index (χ0) is 21.2. The number of carbonyl (C=O) groups excluding carboxylic acids is 1. The summed E-state index contributed by atoms with van der Waals surface area (Å²) < 4.78 is 0. The number of hydrogen-bond donors (Lipinski definition) is 1. The van der Waals surface area contributed by atoms with Crippen LogP contribution in [0.4, 0.5) is 0 Å². The largest absolute Gasteiger partial charge is 0.351 e. The van der Waals surface area contributed by atoms with Crippen LogP contribution in [0.15, 0.2) is 59.6 Å². The summed E-state index contributed by atoms with van der Waals surface area (Å²) in [7, 11) is 0. The lowest BCUT2D eigenvalue weighted by Crippen LogP contribution is -2.43. The summed E-state index contributed by atoms with van der Waals surface area (Å²) in [6.45, 7) is 2.83. The number of aliphatic imine (C=N–C) groups is 1. The smallest absolute Gasteiger partial charge is 0.270 e. The molecule has 2 aromatic carbocycles. The number of carbonyl (C=O) groups is 1. The molecule has 160 valence electrons. The van der Waals surface area contributed by atoms with Crippen LogP contribution in [0.5, 0.6) is 0 Å². The molecule has 1 saturated carbocycles. The molecule has 5 rings (SSSR count). The highest BCUT2D eigenvalue weighted by Gasteiger charge is 2.30. The van der Waals surface area contributed by atoms with Gasteiger partial charge >= 0.3 is 0 Å². The van der Waals surface area contributed by atoms with E-state index in [2.05, 4.69) is 47.3 Å². The standard InChI is InChI=1S/C27H31N3O/c1-2-30(27(31)26-17-21-10-4-6-13-24(21)29-26)22-11-7-8-19(16-22)18-28-25-15-14-20-9-3-5-12-23(20)25/h3-6,9-10,12-13,17-19,22,25,29H,2,7-8,11,14-16H2,1H3/b28-18+/t19?,22-,25-/m1/s1. The summed E-state index contributed by atoms with van der Waals surface area (Å²) in [6, 6.07) is 19.4. The number of H-pyrrole nitrogens is 1. The van der Waals surface area contributed by atoms with Crippen LogP contribution in [0, 0.1) is 5.92 Å². The van der Waals surface area contributed by atoms with Crippen LogP contribution in [-0.4, -0.2) is 34.6 Å². The van der Waals surface area contributed by atoms with Crippen molar-refractivity contribution in [3.63, 3.8) is 0 Å². The summed E-state index contributed by atoms with van der Waals surface area (Å²) >= 11 is 0. The van der Waals surface area contributed by atoms with Crippen LogP contribution < -0.4 is 0 Å². The second-order valence-electron chi connectivity index (χ2n) is 8.99. The molecule has 2 aliphatic carbocycles. The van der Waals surface area contributed by atoms with E-state index in [0.29, 0.717) is 17.7 Å². The van der Waals surface area contributed by atoms with Crippen LogP contribution in [0.25, 0.3) is 10.9 Å². The van der Waals surface area contributed by atoms with Crippen LogP contribution in [-0.2, 0) is 6.42 Å². The van der Waals surface area contributed by atoms with Crippen molar-refractivity contribution < 1.29 is 4.79 Å². The first-order valence-corrected chi connectivity index (χ1v) is 11.7. The van der Waals surface area contributed by atoms with Crippen LogP contribution in [0.2, 0.25) is 0 Å². The lowest BCUT2D eigenvalue weighted by Gasteiger charge is -2.36. The molecule has 1 aromatic heterocycles. The topological polar surface area (TPSA) is 48.5 Å². The molecule has 4 nitrogen and oxygen atoms in total.